The number of anilines is 3. The number of hydrogen-bond acceptors (Lipinski definition) is 8. The van der Waals surface area contributed by atoms with Crippen LogP contribution in [0.15, 0.2) is 36.4 Å². The smallest absolute Gasteiger partial charge is 0.250 e. The zero-order valence-electron chi connectivity index (χ0n) is 16.6. The molecule has 0 radical (unpaired) electrons. The molecule has 0 fully saturated rings. The molecule has 1 unspecified atom stereocenters. The maximum absolute atomic E-state index is 13.0. The van der Waals surface area contributed by atoms with E-state index in [1.807, 2.05) is 31.1 Å². The van der Waals surface area contributed by atoms with Crippen LogP contribution >= 0.6 is 11.3 Å². The maximum Gasteiger partial charge on any atom is 0.250 e. The fourth-order valence-electron chi connectivity index (χ4n) is 3.67. The minimum absolute atomic E-state index is 0.00106. The largest absolute Gasteiger partial charge is 0.309 e. The number of likely N-dealkylation sites (N-methyl/N-ethyl adjacent to an activating group) is 1. The van der Waals surface area contributed by atoms with E-state index in [9.17, 15) is 4.79 Å². The highest BCUT2D eigenvalue weighted by atomic mass is 32.1. The van der Waals surface area contributed by atoms with Crippen LogP contribution in [0.4, 0.5) is 17.2 Å². The second kappa shape index (κ2) is 7.02. The van der Waals surface area contributed by atoms with Gasteiger partial charge in [0.05, 0.1) is 29.3 Å². The number of amides is 1. The lowest BCUT2D eigenvalue weighted by atomic mass is 10.1. The molecule has 0 aromatic carbocycles. The molecule has 0 saturated carbocycles. The SMILES string of the molecule is CCC1C(=O)N(C)c2cnc(-c3scnc3-c3ccn[nH]3)nc2N1c1cnn(C)c1. The molecular weight excluding hydrogens is 402 g/mol. The molecular formula is C19H19N9OS. The lowest BCUT2D eigenvalue weighted by Crippen LogP contribution is -2.50. The van der Waals surface area contributed by atoms with Gasteiger partial charge in [-0.1, -0.05) is 6.92 Å². The second-order valence-corrected chi connectivity index (χ2v) is 7.82. The number of rotatable bonds is 4. The van der Waals surface area contributed by atoms with Gasteiger partial charge in [0.2, 0.25) is 5.91 Å². The van der Waals surface area contributed by atoms with E-state index in [0.717, 1.165) is 22.0 Å². The van der Waals surface area contributed by atoms with Crippen molar-refractivity contribution in [2.75, 3.05) is 16.8 Å². The second-order valence-electron chi connectivity index (χ2n) is 6.97. The first-order valence-corrected chi connectivity index (χ1v) is 10.3. The average molecular weight is 421 g/mol. The van der Waals surface area contributed by atoms with Crippen molar-refractivity contribution in [3.8, 4) is 22.1 Å². The number of nitrogens with one attached hydrogen (secondary N) is 1. The fourth-order valence-corrected chi connectivity index (χ4v) is 4.41. The maximum atomic E-state index is 13.0. The Balaban J connectivity index is 1.68. The first kappa shape index (κ1) is 18.4. The van der Waals surface area contributed by atoms with Crippen LogP contribution in [0.2, 0.25) is 0 Å². The van der Waals surface area contributed by atoms with Gasteiger partial charge in [0.25, 0.3) is 0 Å². The van der Waals surface area contributed by atoms with Crippen LogP contribution in [0, 0.1) is 0 Å². The van der Waals surface area contributed by atoms with Crippen LogP contribution in [-0.4, -0.2) is 53.9 Å². The van der Waals surface area contributed by atoms with E-state index in [2.05, 4.69) is 25.3 Å². The molecule has 30 heavy (non-hydrogen) atoms. The Morgan fingerprint density at radius 2 is 2.10 bits per heavy atom. The van der Waals surface area contributed by atoms with Gasteiger partial charge < -0.3 is 9.80 Å². The van der Waals surface area contributed by atoms with E-state index in [1.54, 1.807) is 40.7 Å². The molecule has 1 atom stereocenters. The van der Waals surface area contributed by atoms with Gasteiger partial charge in [-0.05, 0) is 12.5 Å². The molecule has 1 amide bonds. The van der Waals surface area contributed by atoms with Gasteiger partial charge in [-0.15, -0.1) is 11.3 Å². The van der Waals surface area contributed by atoms with E-state index in [1.165, 1.54) is 11.3 Å². The Bertz CT molecular complexity index is 1210. The van der Waals surface area contributed by atoms with Crippen molar-refractivity contribution in [3.63, 3.8) is 0 Å². The number of aromatic amines is 1. The van der Waals surface area contributed by atoms with Gasteiger partial charge in [0.15, 0.2) is 11.6 Å². The molecule has 0 bridgehead atoms. The van der Waals surface area contributed by atoms with Crippen LogP contribution in [0.3, 0.4) is 0 Å². The highest BCUT2D eigenvalue weighted by molar-refractivity contribution is 7.13. The standard InChI is InChI=1S/C19H19N9OS/c1-4-13-19(29)27(3)14-8-20-17(16-15(21-10-30-16)12-5-6-22-25-12)24-18(14)28(13)11-7-23-26(2)9-11/h5-10,13H,4H2,1-3H3,(H,22,25). The lowest BCUT2D eigenvalue weighted by Gasteiger charge is -2.39. The number of thiazole rings is 1. The Hall–Kier alpha value is -3.60. The Morgan fingerprint density at radius 1 is 1.23 bits per heavy atom. The van der Waals surface area contributed by atoms with Gasteiger partial charge in [0, 0.05) is 26.5 Å². The van der Waals surface area contributed by atoms with E-state index < -0.39 is 0 Å². The highest BCUT2D eigenvalue weighted by Gasteiger charge is 2.38. The molecule has 0 saturated heterocycles. The van der Waals surface area contributed by atoms with Crippen LogP contribution in [0.1, 0.15) is 13.3 Å². The average Bonchev–Trinajstić information content (AvgIpc) is 3.51. The fraction of sp³-hybridized carbons (Fsp3) is 0.263. The number of nitrogens with zero attached hydrogens (tertiary/aromatic N) is 8. The van der Waals surface area contributed by atoms with Crippen LogP contribution in [0.25, 0.3) is 22.1 Å². The summed E-state index contributed by atoms with van der Waals surface area (Å²) >= 11 is 1.46. The van der Waals surface area contributed by atoms with Crippen molar-refractivity contribution < 1.29 is 4.79 Å². The monoisotopic (exact) mass is 421 g/mol. The van der Waals surface area contributed by atoms with Crippen LogP contribution in [-0.2, 0) is 11.8 Å². The summed E-state index contributed by atoms with van der Waals surface area (Å²) < 4.78 is 1.71. The molecule has 10 nitrogen and oxygen atoms in total. The summed E-state index contributed by atoms with van der Waals surface area (Å²) in [7, 11) is 3.61. The quantitative estimate of drug-likeness (QED) is 0.539. The van der Waals surface area contributed by atoms with E-state index in [-0.39, 0.29) is 11.9 Å². The first-order chi connectivity index (χ1) is 14.6. The number of carbonyl (C=O) groups excluding carboxylic acids is 1. The third-order valence-electron chi connectivity index (χ3n) is 5.15. The third kappa shape index (κ3) is 2.77. The topological polar surface area (TPSA) is 109 Å². The van der Waals surface area contributed by atoms with Gasteiger partial charge in [-0.3, -0.25) is 14.6 Å². The summed E-state index contributed by atoms with van der Waals surface area (Å²) in [6.07, 6.45) is 7.64. The Labute approximate surface area is 176 Å². The van der Waals surface area contributed by atoms with Crippen LogP contribution in [0.5, 0.6) is 0 Å². The number of fused-ring (bicyclic) bond motifs is 1. The van der Waals surface area contributed by atoms with Crippen molar-refractivity contribution in [3.05, 3.63) is 36.4 Å². The van der Waals surface area contributed by atoms with E-state index >= 15 is 0 Å². The minimum atomic E-state index is -0.372. The molecule has 1 N–H and O–H groups in total. The molecule has 1 aliphatic heterocycles. The van der Waals surface area contributed by atoms with E-state index in [0.29, 0.717) is 23.8 Å². The van der Waals surface area contributed by atoms with Crippen molar-refractivity contribution in [1.29, 1.82) is 0 Å². The summed E-state index contributed by atoms with van der Waals surface area (Å²) in [4.78, 5) is 31.3. The van der Waals surface area contributed by atoms with Gasteiger partial charge in [0.1, 0.15) is 22.3 Å². The summed E-state index contributed by atoms with van der Waals surface area (Å²) in [6, 6.07) is 1.49. The van der Waals surface area contributed by atoms with Gasteiger partial charge in [-0.2, -0.15) is 10.2 Å². The zero-order chi connectivity index (χ0) is 20.8. The number of aryl methyl sites for hydroxylation is 1. The number of hydrogen-bond donors (Lipinski definition) is 1. The number of carbonyl (C=O) groups is 1. The van der Waals surface area contributed by atoms with Gasteiger partial charge >= 0.3 is 0 Å². The summed E-state index contributed by atoms with van der Waals surface area (Å²) in [5, 5.41) is 11.2. The molecule has 11 heteroatoms. The molecule has 4 aromatic rings. The molecule has 0 aliphatic carbocycles. The Kier molecular flexibility index (Phi) is 4.31. The van der Waals surface area contributed by atoms with Gasteiger partial charge in [-0.25, -0.2) is 15.0 Å². The summed E-state index contributed by atoms with van der Waals surface area (Å²) in [5.41, 5.74) is 4.78. The van der Waals surface area contributed by atoms with Crippen molar-refractivity contribution in [2.24, 2.45) is 7.05 Å². The highest BCUT2D eigenvalue weighted by Crippen LogP contribution is 2.41. The zero-order valence-corrected chi connectivity index (χ0v) is 17.5. The summed E-state index contributed by atoms with van der Waals surface area (Å²) in [5.74, 6) is 1.22. The number of aromatic nitrogens is 7. The van der Waals surface area contributed by atoms with E-state index in [4.69, 9.17) is 4.98 Å². The summed E-state index contributed by atoms with van der Waals surface area (Å²) in [6.45, 7) is 1.99. The Morgan fingerprint density at radius 3 is 2.80 bits per heavy atom. The molecule has 4 aromatic heterocycles. The molecule has 5 rings (SSSR count). The minimum Gasteiger partial charge on any atom is -0.309 e. The van der Waals surface area contributed by atoms with Crippen LogP contribution < -0.4 is 9.80 Å². The predicted octanol–water partition coefficient (Wildman–Crippen LogP) is 2.62. The van der Waals surface area contributed by atoms with Crippen molar-refractivity contribution in [1.82, 2.24) is 34.9 Å². The molecule has 5 heterocycles. The molecule has 1 aliphatic rings. The lowest BCUT2D eigenvalue weighted by molar-refractivity contribution is -0.119. The first-order valence-electron chi connectivity index (χ1n) is 9.44. The third-order valence-corrected chi connectivity index (χ3v) is 5.97. The molecule has 152 valence electrons. The van der Waals surface area contributed by atoms with Crippen molar-refractivity contribution >= 4 is 34.4 Å². The normalized spacial score (nSPS) is 16.2. The predicted molar refractivity (Wildman–Crippen MR) is 114 cm³/mol. The number of H-pyrrole nitrogens is 1. The van der Waals surface area contributed by atoms with Crippen molar-refractivity contribution in [2.45, 2.75) is 19.4 Å². The molecule has 0 spiro atoms.